The molecule has 0 bridgehead atoms. The van der Waals surface area contributed by atoms with Gasteiger partial charge in [-0.25, -0.2) is 17.9 Å². The van der Waals surface area contributed by atoms with E-state index in [9.17, 15) is 12.8 Å². The molecule has 1 aliphatic heterocycles. The Hall–Kier alpha value is -1.14. The first-order valence-corrected chi connectivity index (χ1v) is 8.07. The van der Waals surface area contributed by atoms with E-state index in [1.165, 1.54) is 31.0 Å². The number of nitrogens with two attached hydrogens (primary N) is 1. The Morgan fingerprint density at radius 1 is 1.21 bits per heavy atom. The molecule has 2 aliphatic rings. The van der Waals surface area contributed by atoms with E-state index in [-0.39, 0.29) is 10.6 Å². The van der Waals surface area contributed by atoms with Gasteiger partial charge in [-0.3, -0.25) is 0 Å². The van der Waals surface area contributed by atoms with Crippen LogP contribution >= 0.6 is 0 Å². The van der Waals surface area contributed by atoms with Crippen molar-refractivity contribution in [1.29, 1.82) is 0 Å². The largest absolute Gasteiger partial charge is 0.368 e. The van der Waals surface area contributed by atoms with Crippen molar-refractivity contribution >= 4 is 15.7 Å². The molecule has 1 saturated heterocycles. The van der Waals surface area contributed by atoms with E-state index in [0.717, 1.165) is 18.9 Å². The summed E-state index contributed by atoms with van der Waals surface area (Å²) >= 11 is 0. The fourth-order valence-electron chi connectivity index (χ4n) is 2.97. The maximum absolute atomic E-state index is 14.0. The molecule has 0 radical (unpaired) electrons. The van der Waals surface area contributed by atoms with Crippen LogP contribution < -0.4 is 10.0 Å². The first kappa shape index (κ1) is 12.9. The molecule has 2 N–H and O–H groups in total. The molecule has 0 spiro atoms. The molecule has 104 valence electrons. The van der Waals surface area contributed by atoms with Gasteiger partial charge in [-0.15, -0.1) is 0 Å². The first-order chi connectivity index (χ1) is 8.97. The van der Waals surface area contributed by atoms with Crippen LogP contribution in [0.15, 0.2) is 23.1 Å². The van der Waals surface area contributed by atoms with Crippen molar-refractivity contribution in [2.75, 3.05) is 18.0 Å². The summed E-state index contributed by atoms with van der Waals surface area (Å²) in [5.41, 5.74) is 0.146. The molecule has 1 aromatic carbocycles. The van der Waals surface area contributed by atoms with Gasteiger partial charge in [-0.05, 0) is 43.2 Å². The van der Waals surface area contributed by atoms with Crippen LogP contribution in [0.25, 0.3) is 0 Å². The fraction of sp³-hybridized carbons (Fsp3) is 0.538. The number of hydrogen-bond donors (Lipinski definition) is 1. The predicted molar refractivity (Wildman–Crippen MR) is 70.8 cm³/mol. The molecule has 1 unspecified atom stereocenters. The minimum absolute atomic E-state index is 0.107. The smallest absolute Gasteiger partial charge is 0.240 e. The van der Waals surface area contributed by atoms with Gasteiger partial charge < -0.3 is 4.90 Å². The summed E-state index contributed by atoms with van der Waals surface area (Å²) in [6.45, 7) is 1.43. The van der Waals surface area contributed by atoms with E-state index < -0.39 is 15.8 Å². The number of para-hydroxylation sites is 1. The number of hydrogen-bond acceptors (Lipinski definition) is 3. The number of benzene rings is 1. The van der Waals surface area contributed by atoms with Gasteiger partial charge in [0, 0.05) is 13.1 Å². The van der Waals surface area contributed by atoms with Gasteiger partial charge in [0.1, 0.15) is 10.7 Å². The maximum atomic E-state index is 14.0. The second kappa shape index (κ2) is 4.45. The average molecular weight is 284 g/mol. The average Bonchev–Trinajstić information content (AvgIpc) is 3.07. The SMILES string of the molecule is NS(=O)(=O)c1cccc(F)c1N1CCC(C2CC2)C1. The topological polar surface area (TPSA) is 63.4 Å². The number of nitrogens with zero attached hydrogens (tertiary/aromatic N) is 1. The number of primary sulfonamides is 1. The molecule has 1 aromatic rings. The monoisotopic (exact) mass is 284 g/mol. The van der Waals surface area contributed by atoms with Crippen LogP contribution in [0, 0.1) is 17.7 Å². The van der Waals surface area contributed by atoms with Gasteiger partial charge in [0.2, 0.25) is 10.0 Å². The molecule has 6 heteroatoms. The Kier molecular flexibility index (Phi) is 3.02. The summed E-state index contributed by atoms with van der Waals surface area (Å²) in [6.07, 6.45) is 3.50. The number of sulfonamides is 1. The number of rotatable bonds is 3. The highest BCUT2D eigenvalue weighted by Gasteiger charge is 2.37. The summed E-state index contributed by atoms with van der Waals surface area (Å²) in [4.78, 5) is 1.72. The first-order valence-electron chi connectivity index (χ1n) is 6.53. The van der Waals surface area contributed by atoms with Crippen LogP contribution in [0.1, 0.15) is 19.3 Å². The molecule has 0 aromatic heterocycles. The van der Waals surface area contributed by atoms with Crippen molar-refractivity contribution in [2.24, 2.45) is 17.0 Å². The third-order valence-electron chi connectivity index (χ3n) is 4.09. The summed E-state index contributed by atoms with van der Waals surface area (Å²) < 4.78 is 37.2. The van der Waals surface area contributed by atoms with Gasteiger partial charge in [0.05, 0.1) is 5.69 Å². The highest BCUT2D eigenvalue weighted by Crippen LogP contribution is 2.43. The van der Waals surface area contributed by atoms with Crippen molar-refractivity contribution in [3.05, 3.63) is 24.0 Å². The molecular weight excluding hydrogens is 267 g/mol. The van der Waals surface area contributed by atoms with Crippen molar-refractivity contribution < 1.29 is 12.8 Å². The van der Waals surface area contributed by atoms with Crippen LogP contribution in [0.2, 0.25) is 0 Å². The van der Waals surface area contributed by atoms with Crippen molar-refractivity contribution in [3.63, 3.8) is 0 Å². The zero-order valence-corrected chi connectivity index (χ0v) is 11.4. The lowest BCUT2D eigenvalue weighted by Crippen LogP contribution is -2.25. The third-order valence-corrected chi connectivity index (χ3v) is 5.03. The Morgan fingerprint density at radius 3 is 2.58 bits per heavy atom. The van der Waals surface area contributed by atoms with Gasteiger partial charge in [0.25, 0.3) is 0 Å². The Morgan fingerprint density at radius 2 is 1.95 bits per heavy atom. The molecule has 19 heavy (non-hydrogen) atoms. The van der Waals surface area contributed by atoms with E-state index in [4.69, 9.17) is 5.14 Å². The van der Waals surface area contributed by atoms with Gasteiger partial charge in [-0.2, -0.15) is 0 Å². The standard InChI is InChI=1S/C13H17FN2O2S/c14-11-2-1-3-12(19(15,17)18)13(11)16-7-6-10(8-16)9-4-5-9/h1-3,9-10H,4-8H2,(H2,15,17,18). The normalized spacial score (nSPS) is 23.9. The number of anilines is 1. The van der Waals surface area contributed by atoms with Gasteiger partial charge >= 0.3 is 0 Å². The van der Waals surface area contributed by atoms with E-state index in [1.807, 2.05) is 4.90 Å². The maximum Gasteiger partial charge on any atom is 0.240 e. The highest BCUT2D eigenvalue weighted by molar-refractivity contribution is 7.89. The molecule has 4 nitrogen and oxygen atoms in total. The fourth-order valence-corrected chi connectivity index (χ4v) is 3.74. The Labute approximate surface area is 112 Å². The predicted octanol–water partition coefficient (Wildman–Crippen LogP) is 1.71. The minimum Gasteiger partial charge on any atom is -0.368 e. The van der Waals surface area contributed by atoms with E-state index in [1.54, 1.807) is 0 Å². The van der Waals surface area contributed by atoms with Crippen LogP contribution in [0.4, 0.5) is 10.1 Å². The van der Waals surface area contributed by atoms with Gasteiger partial charge in [-0.1, -0.05) is 6.07 Å². The van der Waals surface area contributed by atoms with E-state index >= 15 is 0 Å². The summed E-state index contributed by atoms with van der Waals surface area (Å²) in [6, 6.07) is 4.04. The summed E-state index contributed by atoms with van der Waals surface area (Å²) in [5, 5.41) is 5.18. The molecule has 2 fully saturated rings. The summed E-state index contributed by atoms with van der Waals surface area (Å²) in [5.74, 6) is 0.797. The molecule has 1 saturated carbocycles. The molecule has 1 aliphatic carbocycles. The van der Waals surface area contributed by atoms with Crippen LogP contribution in [-0.2, 0) is 10.0 Å². The minimum atomic E-state index is -3.90. The van der Waals surface area contributed by atoms with Crippen molar-refractivity contribution in [1.82, 2.24) is 0 Å². The molecular formula is C13H17FN2O2S. The highest BCUT2D eigenvalue weighted by atomic mass is 32.2. The zero-order chi connectivity index (χ0) is 13.6. The van der Waals surface area contributed by atoms with Crippen molar-refractivity contribution in [2.45, 2.75) is 24.2 Å². The second-order valence-electron chi connectivity index (χ2n) is 5.46. The lowest BCUT2D eigenvalue weighted by atomic mass is 10.0. The Balaban J connectivity index is 1.96. The van der Waals surface area contributed by atoms with Crippen LogP contribution in [-0.4, -0.2) is 21.5 Å². The second-order valence-corrected chi connectivity index (χ2v) is 6.99. The lowest BCUT2D eigenvalue weighted by Gasteiger charge is -2.21. The lowest BCUT2D eigenvalue weighted by molar-refractivity contribution is 0.513. The number of halogens is 1. The molecule has 3 rings (SSSR count). The van der Waals surface area contributed by atoms with Crippen LogP contribution in [0.3, 0.4) is 0 Å². The summed E-state index contributed by atoms with van der Waals surface area (Å²) in [7, 11) is -3.90. The quantitative estimate of drug-likeness (QED) is 0.919. The Bertz CT molecular complexity index is 599. The van der Waals surface area contributed by atoms with Crippen molar-refractivity contribution in [3.8, 4) is 0 Å². The zero-order valence-electron chi connectivity index (χ0n) is 10.5. The van der Waals surface area contributed by atoms with Crippen LogP contribution in [0.5, 0.6) is 0 Å². The molecule has 0 amide bonds. The van der Waals surface area contributed by atoms with E-state index in [2.05, 4.69) is 0 Å². The van der Waals surface area contributed by atoms with Gasteiger partial charge in [0.15, 0.2) is 0 Å². The van der Waals surface area contributed by atoms with E-state index in [0.29, 0.717) is 12.5 Å². The third kappa shape index (κ3) is 2.47. The molecule has 1 heterocycles. The molecule has 1 atom stereocenters.